The van der Waals surface area contributed by atoms with Gasteiger partial charge in [0.05, 0.1) is 6.54 Å². The maximum absolute atomic E-state index is 5.38. The second kappa shape index (κ2) is 5.23. The molecule has 0 spiro atoms. The molecule has 1 aromatic rings. The number of nitrogens with zero attached hydrogens (tertiary/aromatic N) is 2. The van der Waals surface area contributed by atoms with Crippen LogP contribution in [0.5, 0.6) is 0 Å². The van der Waals surface area contributed by atoms with Gasteiger partial charge < -0.3 is 14.6 Å². The first-order valence-corrected chi connectivity index (χ1v) is 5.52. The molecule has 1 fully saturated rings. The predicted octanol–water partition coefficient (Wildman–Crippen LogP) is 1.44. The number of hydrogen-bond acceptors (Lipinski definition) is 5. The van der Waals surface area contributed by atoms with E-state index in [0.29, 0.717) is 24.2 Å². The van der Waals surface area contributed by atoms with E-state index < -0.39 is 0 Å². The van der Waals surface area contributed by atoms with Gasteiger partial charge in [0.2, 0.25) is 11.7 Å². The smallest absolute Gasteiger partial charge is 0.240 e. The first kappa shape index (κ1) is 11.3. The van der Waals surface area contributed by atoms with Crippen LogP contribution < -0.4 is 5.32 Å². The highest BCUT2D eigenvalue weighted by Gasteiger charge is 2.35. The van der Waals surface area contributed by atoms with Crippen molar-refractivity contribution in [1.29, 1.82) is 0 Å². The van der Waals surface area contributed by atoms with E-state index in [1.807, 2.05) is 0 Å². The number of nitrogens with one attached hydrogen (secondary N) is 1. The molecule has 1 aliphatic rings. The van der Waals surface area contributed by atoms with Crippen LogP contribution in [0, 0.1) is 5.92 Å². The molecule has 5 heteroatoms. The van der Waals surface area contributed by atoms with Crippen LogP contribution in [0.3, 0.4) is 0 Å². The minimum absolute atomic E-state index is 0.00287. The molecule has 0 bridgehead atoms. The van der Waals surface area contributed by atoms with Crippen LogP contribution in [0.4, 0.5) is 0 Å². The van der Waals surface area contributed by atoms with Crippen molar-refractivity contribution < 1.29 is 9.26 Å². The zero-order chi connectivity index (χ0) is 11.4. The van der Waals surface area contributed by atoms with Crippen molar-refractivity contribution in [3.8, 4) is 0 Å². The maximum atomic E-state index is 5.38. The summed E-state index contributed by atoms with van der Waals surface area (Å²) in [6, 6.07) is 0. The monoisotopic (exact) mass is 223 g/mol. The van der Waals surface area contributed by atoms with Gasteiger partial charge in [0, 0.05) is 13.7 Å². The fourth-order valence-corrected chi connectivity index (χ4v) is 1.64. The lowest BCUT2D eigenvalue weighted by Gasteiger charge is -2.08. The lowest BCUT2D eigenvalue weighted by molar-refractivity contribution is 0.0751. The second-order valence-electron chi connectivity index (χ2n) is 3.96. The lowest BCUT2D eigenvalue weighted by atomic mass is 10.2. The standard InChI is InChI=1S/C11H17N3O2/c1-3-6-12-7-9-13-11(14-16-9)10(15-2)8-4-5-8/h3,8,10,12H,1,4-7H2,2H3. The van der Waals surface area contributed by atoms with Crippen molar-refractivity contribution >= 4 is 0 Å². The van der Waals surface area contributed by atoms with Gasteiger partial charge in [-0.1, -0.05) is 11.2 Å². The topological polar surface area (TPSA) is 60.2 Å². The summed E-state index contributed by atoms with van der Waals surface area (Å²) >= 11 is 0. The van der Waals surface area contributed by atoms with Crippen LogP contribution in [0.25, 0.3) is 0 Å². The fourth-order valence-electron chi connectivity index (χ4n) is 1.64. The average Bonchev–Trinajstić information content (AvgIpc) is 3.01. The Bertz CT molecular complexity index is 347. The van der Waals surface area contributed by atoms with Crippen molar-refractivity contribution in [2.24, 2.45) is 5.92 Å². The van der Waals surface area contributed by atoms with Gasteiger partial charge in [0.1, 0.15) is 6.10 Å². The van der Waals surface area contributed by atoms with Gasteiger partial charge in [-0.15, -0.1) is 6.58 Å². The van der Waals surface area contributed by atoms with Gasteiger partial charge in [-0.2, -0.15) is 4.98 Å². The van der Waals surface area contributed by atoms with Gasteiger partial charge in [0.25, 0.3) is 0 Å². The molecule has 1 N–H and O–H groups in total. The van der Waals surface area contributed by atoms with Gasteiger partial charge in [-0.3, -0.25) is 0 Å². The molecule has 88 valence electrons. The van der Waals surface area contributed by atoms with Gasteiger partial charge in [-0.25, -0.2) is 0 Å². The Morgan fingerprint density at radius 3 is 3.12 bits per heavy atom. The molecular formula is C11H17N3O2. The molecule has 16 heavy (non-hydrogen) atoms. The summed E-state index contributed by atoms with van der Waals surface area (Å²) in [6.45, 7) is 4.92. The van der Waals surface area contributed by atoms with Crippen LogP contribution in [-0.2, 0) is 11.3 Å². The summed E-state index contributed by atoms with van der Waals surface area (Å²) < 4.78 is 10.5. The van der Waals surface area contributed by atoms with Crippen molar-refractivity contribution in [2.75, 3.05) is 13.7 Å². The highest BCUT2D eigenvalue weighted by molar-refractivity contribution is 4.98. The van der Waals surface area contributed by atoms with Crippen molar-refractivity contribution in [1.82, 2.24) is 15.5 Å². The Labute approximate surface area is 94.9 Å². The van der Waals surface area contributed by atoms with Crippen LogP contribution in [-0.4, -0.2) is 23.8 Å². The van der Waals surface area contributed by atoms with E-state index in [1.54, 1.807) is 13.2 Å². The average molecular weight is 223 g/mol. The van der Waals surface area contributed by atoms with E-state index in [1.165, 1.54) is 12.8 Å². The summed E-state index contributed by atoms with van der Waals surface area (Å²) in [4.78, 5) is 4.31. The summed E-state index contributed by atoms with van der Waals surface area (Å²) in [5.74, 6) is 1.83. The van der Waals surface area contributed by atoms with Crippen LogP contribution >= 0.6 is 0 Å². The predicted molar refractivity (Wildman–Crippen MR) is 58.7 cm³/mol. The molecule has 1 unspecified atom stereocenters. The molecule has 5 nitrogen and oxygen atoms in total. The zero-order valence-electron chi connectivity index (χ0n) is 9.48. The first-order valence-electron chi connectivity index (χ1n) is 5.52. The van der Waals surface area contributed by atoms with Crippen LogP contribution in [0.1, 0.15) is 30.7 Å². The van der Waals surface area contributed by atoms with E-state index >= 15 is 0 Å². The van der Waals surface area contributed by atoms with E-state index in [2.05, 4.69) is 22.0 Å². The largest absolute Gasteiger partial charge is 0.373 e. The highest BCUT2D eigenvalue weighted by atomic mass is 16.5. The van der Waals surface area contributed by atoms with Crippen molar-refractivity contribution in [3.63, 3.8) is 0 Å². The quantitative estimate of drug-likeness (QED) is 0.560. The van der Waals surface area contributed by atoms with Crippen LogP contribution in [0.2, 0.25) is 0 Å². The summed E-state index contributed by atoms with van der Waals surface area (Å²) in [7, 11) is 1.69. The Morgan fingerprint density at radius 1 is 1.69 bits per heavy atom. The molecule has 1 heterocycles. The molecule has 0 saturated heterocycles. The third-order valence-corrected chi connectivity index (χ3v) is 2.61. The number of hydrogen-bond donors (Lipinski definition) is 1. The SMILES string of the molecule is C=CCNCc1nc(C(OC)C2CC2)no1. The first-order chi connectivity index (χ1) is 7.85. The number of methoxy groups -OCH3 is 1. The van der Waals surface area contributed by atoms with Gasteiger partial charge in [-0.05, 0) is 18.8 Å². The summed E-state index contributed by atoms with van der Waals surface area (Å²) in [5.41, 5.74) is 0. The number of aromatic nitrogens is 2. The lowest BCUT2D eigenvalue weighted by Crippen LogP contribution is -2.13. The minimum atomic E-state index is -0.00287. The van der Waals surface area contributed by atoms with E-state index in [9.17, 15) is 0 Å². The molecule has 0 amide bonds. The Kier molecular flexibility index (Phi) is 3.69. The summed E-state index contributed by atoms with van der Waals surface area (Å²) in [5, 5.41) is 7.06. The molecular weight excluding hydrogens is 206 g/mol. The molecule has 1 aromatic heterocycles. The molecule has 1 atom stereocenters. The minimum Gasteiger partial charge on any atom is -0.373 e. The number of ether oxygens (including phenoxy) is 1. The van der Waals surface area contributed by atoms with Crippen molar-refractivity contribution in [2.45, 2.75) is 25.5 Å². The Hall–Kier alpha value is -1.20. The number of rotatable bonds is 7. The normalized spacial score (nSPS) is 17.3. The zero-order valence-corrected chi connectivity index (χ0v) is 9.48. The Balaban J connectivity index is 1.92. The molecule has 2 rings (SSSR count). The fraction of sp³-hybridized carbons (Fsp3) is 0.636. The molecule has 0 aliphatic heterocycles. The third-order valence-electron chi connectivity index (χ3n) is 2.61. The van der Waals surface area contributed by atoms with Crippen LogP contribution in [0.15, 0.2) is 17.2 Å². The van der Waals surface area contributed by atoms with Gasteiger partial charge >= 0.3 is 0 Å². The summed E-state index contributed by atoms with van der Waals surface area (Å²) in [6.07, 6.45) is 4.17. The third kappa shape index (κ3) is 2.68. The Morgan fingerprint density at radius 2 is 2.50 bits per heavy atom. The van der Waals surface area contributed by atoms with E-state index in [0.717, 1.165) is 6.54 Å². The van der Waals surface area contributed by atoms with E-state index in [-0.39, 0.29) is 6.10 Å². The van der Waals surface area contributed by atoms with E-state index in [4.69, 9.17) is 9.26 Å². The van der Waals surface area contributed by atoms with Crippen molar-refractivity contribution in [3.05, 3.63) is 24.4 Å². The molecule has 0 radical (unpaired) electrons. The molecule has 1 saturated carbocycles. The highest BCUT2D eigenvalue weighted by Crippen LogP contribution is 2.41. The molecule has 1 aliphatic carbocycles. The molecule has 0 aromatic carbocycles. The maximum Gasteiger partial charge on any atom is 0.240 e. The second-order valence-corrected chi connectivity index (χ2v) is 3.96. The van der Waals surface area contributed by atoms with Gasteiger partial charge in [0.15, 0.2) is 0 Å².